The van der Waals surface area contributed by atoms with Crippen LogP contribution in [0.5, 0.6) is 0 Å². The Morgan fingerprint density at radius 1 is 1.20 bits per heavy atom. The number of ether oxygens (including phenoxy) is 3. The number of halogens is 2. The molecule has 2 aromatic heterocycles. The van der Waals surface area contributed by atoms with Gasteiger partial charge < -0.3 is 24.8 Å². The number of benzene rings is 1. The Hall–Kier alpha value is -4.14. The molecule has 1 saturated heterocycles. The van der Waals surface area contributed by atoms with Crippen LogP contribution in [0.1, 0.15) is 23.2 Å². The standard InChI is InChI=1S/C30H36F2N6O5S/c1-20(23-6-4-7-24(27(23)32)37-44(39,40)17-5-10-31)18-25(43-16-15-41-3)28-21(2)30(38-11-13-42-14-12-38)36-29(35-28)22-8-9-26(33)34-19-22/h4,6-9,18-19,37H,1,5,10-17H2,2-3H3,(H2,33,34)/b25-18+. The number of hydrogen-bond acceptors (Lipinski definition) is 10. The largest absolute Gasteiger partial charge is 0.489 e. The van der Waals surface area contributed by atoms with E-state index in [9.17, 15) is 12.8 Å². The van der Waals surface area contributed by atoms with E-state index in [-0.39, 0.29) is 42.2 Å². The Balaban J connectivity index is 1.80. The number of sulfonamides is 1. The summed E-state index contributed by atoms with van der Waals surface area (Å²) >= 11 is 0. The number of allylic oxidation sites excluding steroid dienone is 2. The molecule has 14 heteroatoms. The third-order valence-electron chi connectivity index (χ3n) is 6.72. The number of nitrogen functional groups attached to an aromatic ring is 1. The van der Waals surface area contributed by atoms with Crippen LogP contribution in [0, 0.1) is 12.7 Å². The van der Waals surface area contributed by atoms with Gasteiger partial charge in [0, 0.05) is 43.1 Å². The first-order valence-electron chi connectivity index (χ1n) is 13.9. The Bertz CT molecular complexity index is 1600. The van der Waals surface area contributed by atoms with E-state index in [1.54, 1.807) is 31.5 Å². The van der Waals surface area contributed by atoms with E-state index in [1.165, 1.54) is 18.2 Å². The maximum Gasteiger partial charge on any atom is 0.232 e. The highest BCUT2D eigenvalue weighted by molar-refractivity contribution is 7.92. The molecule has 0 atom stereocenters. The van der Waals surface area contributed by atoms with Crippen LogP contribution in [0.2, 0.25) is 0 Å². The third kappa shape index (κ3) is 8.27. The molecule has 1 aliphatic heterocycles. The lowest BCUT2D eigenvalue weighted by molar-refractivity contribution is 0.122. The zero-order valence-corrected chi connectivity index (χ0v) is 25.5. The van der Waals surface area contributed by atoms with E-state index in [2.05, 4.69) is 21.2 Å². The smallest absolute Gasteiger partial charge is 0.232 e. The Morgan fingerprint density at radius 3 is 2.66 bits per heavy atom. The van der Waals surface area contributed by atoms with Crippen molar-refractivity contribution in [2.24, 2.45) is 0 Å². The minimum atomic E-state index is -3.95. The van der Waals surface area contributed by atoms with Gasteiger partial charge in [-0.2, -0.15) is 0 Å². The molecule has 1 fully saturated rings. The number of alkyl halides is 1. The quantitative estimate of drug-likeness (QED) is 0.151. The Kier molecular flexibility index (Phi) is 11.2. The van der Waals surface area contributed by atoms with Crippen molar-refractivity contribution in [3.8, 4) is 11.4 Å². The number of anilines is 3. The first kappa shape index (κ1) is 32.8. The van der Waals surface area contributed by atoms with Gasteiger partial charge in [0.05, 0.1) is 37.9 Å². The monoisotopic (exact) mass is 630 g/mol. The fraction of sp³-hybridized carbons (Fsp3) is 0.367. The molecule has 1 aromatic carbocycles. The molecular weight excluding hydrogens is 594 g/mol. The lowest BCUT2D eigenvalue weighted by atomic mass is 10.0. The van der Waals surface area contributed by atoms with Crippen molar-refractivity contribution in [2.75, 3.05) is 74.4 Å². The summed E-state index contributed by atoms with van der Waals surface area (Å²) in [5.41, 5.74) is 7.54. The van der Waals surface area contributed by atoms with Gasteiger partial charge in [-0.1, -0.05) is 18.7 Å². The third-order valence-corrected chi connectivity index (χ3v) is 8.07. The minimum absolute atomic E-state index is 0.0339. The molecule has 11 nitrogen and oxygen atoms in total. The van der Waals surface area contributed by atoms with Crippen LogP contribution in [0.25, 0.3) is 22.7 Å². The van der Waals surface area contributed by atoms with Crippen LogP contribution < -0.4 is 15.4 Å². The van der Waals surface area contributed by atoms with E-state index in [0.29, 0.717) is 60.6 Å². The average molecular weight is 631 g/mol. The summed E-state index contributed by atoms with van der Waals surface area (Å²) < 4.78 is 71.9. The van der Waals surface area contributed by atoms with Crippen molar-refractivity contribution in [2.45, 2.75) is 13.3 Å². The maximum atomic E-state index is 15.6. The number of methoxy groups -OCH3 is 1. The molecule has 3 N–H and O–H groups in total. The molecule has 44 heavy (non-hydrogen) atoms. The molecule has 0 bridgehead atoms. The van der Waals surface area contributed by atoms with Gasteiger partial charge in [-0.3, -0.25) is 9.11 Å². The molecule has 0 amide bonds. The maximum absolute atomic E-state index is 15.6. The van der Waals surface area contributed by atoms with Crippen molar-refractivity contribution in [3.05, 3.63) is 71.8 Å². The SMILES string of the molecule is C=C(/C=C(/OCCOC)c1nc(-c2ccc(N)nc2)nc(N2CCOCC2)c1C)c1cccc(NS(=O)(=O)CCCF)c1F. The number of pyridine rings is 1. The molecule has 3 heterocycles. The van der Waals surface area contributed by atoms with Crippen molar-refractivity contribution in [1.29, 1.82) is 0 Å². The normalized spacial score (nSPS) is 14.0. The highest BCUT2D eigenvalue weighted by atomic mass is 32.2. The molecule has 236 valence electrons. The molecule has 0 saturated carbocycles. The van der Waals surface area contributed by atoms with Gasteiger partial charge in [-0.15, -0.1) is 0 Å². The van der Waals surface area contributed by atoms with E-state index < -0.39 is 28.3 Å². The summed E-state index contributed by atoms with van der Waals surface area (Å²) in [6.07, 6.45) is 2.92. The van der Waals surface area contributed by atoms with Crippen molar-refractivity contribution < 1.29 is 31.4 Å². The van der Waals surface area contributed by atoms with Crippen molar-refractivity contribution in [3.63, 3.8) is 0 Å². The summed E-state index contributed by atoms with van der Waals surface area (Å²) in [6.45, 7) is 7.85. The number of rotatable bonds is 14. The van der Waals surface area contributed by atoms with Gasteiger partial charge in [-0.25, -0.2) is 27.8 Å². The van der Waals surface area contributed by atoms with Gasteiger partial charge in [-0.05, 0) is 43.2 Å². The Morgan fingerprint density at radius 2 is 1.98 bits per heavy atom. The second kappa shape index (κ2) is 15.0. The van der Waals surface area contributed by atoms with Gasteiger partial charge in [0.15, 0.2) is 11.6 Å². The van der Waals surface area contributed by atoms with E-state index in [1.807, 2.05) is 6.92 Å². The van der Waals surface area contributed by atoms with Crippen LogP contribution in [-0.2, 0) is 24.2 Å². The molecule has 1 aliphatic rings. The van der Waals surface area contributed by atoms with Crippen LogP contribution in [0.4, 0.5) is 26.1 Å². The highest BCUT2D eigenvalue weighted by Crippen LogP contribution is 2.33. The van der Waals surface area contributed by atoms with Crippen LogP contribution in [0.3, 0.4) is 0 Å². The van der Waals surface area contributed by atoms with Crippen molar-refractivity contribution in [1.82, 2.24) is 15.0 Å². The van der Waals surface area contributed by atoms with Crippen LogP contribution >= 0.6 is 0 Å². The zero-order valence-electron chi connectivity index (χ0n) is 24.7. The van der Waals surface area contributed by atoms with Gasteiger partial charge >= 0.3 is 0 Å². The van der Waals surface area contributed by atoms with E-state index in [0.717, 1.165) is 0 Å². The number of nitrogens with zero attached hydrogens (tertiary/aromatic N) is 4. The second-order valence-electron chi connectivity index (χ2n) is 9.92. The first-order chi connectivity index (χ1) is 21.1. The van der Waals surface area contributed by atoms with Crippen LogP contribution in [-0.4, -0.2) is 82.4 Å². The number of hydrogen-bond donors (Lipinski definition) is 2. The molecule has 0 unspecified atom stereocenters. The van der Waals surface area contributed by atoms with Gasteiger partial charge in [0.25, 0.3) is 0 Å². The average Bonchev–Trinajstić information content (AvgIpc) is 3.01. The summed E-state index contributed by atoms with van der Waals surface area (Å²) in [5, 5.41) is 0. The molecule has 4 rings (SSSR count). The van der Waals surface area contributed by atoms with E-state index in [4.69, 9.17) is 29.9 Å². The predicted octanol–water partition coefficient (Wildman–Crippen LogP) is 4.22. The molecule has 0 radical (unpaired) electrons. The number of nitrogens with one attached hydrogen (secondary N) is 1. The zero-order chi connectivity index (χ0) is 31.7. The topological polar surface area (TPSA) is 142 Å². The second-order valence-corrected chi connectivity index (χ2v) is 11.8. The fourth-order valence-electron chi connectivity index (χ4n) is 4.47. The lowest BCUT2D eigenvalue weighted by Gasteiger charge is -2.30. The Labute approximate surface area is 255 Å². The lowest BCUT2D eigenvalue weighted by Crippen LogP contribution is -2.37. The van der Waals surface area contributed by atoms with Crippen LogP contribution in [0.15, 0.2) is 49.2 Å². The molecular formula is C30H36F2N6O5S. The highest BCUT2D eigenvalue weighted by Gasteiger charge is 2.23. The first-order valence-corrected chi connectivity index (χ1v) is 15.6. The van der Waals surface area contributed by atoms with E-state index >= 15 is 4.39 Å². The summed E-state index contributed by atoms with van der Waals surface area (Å²) in [4.78, 5) is 16.0. The summed E-state index contributed by atoms with van der Waals surface area (Å²) in [6, 6.07) is 7.67. The number of aromatic nitrogens is 3. The molecule has 0 spiro atoms. The number of nitrogens with two attached hydrogens (primary N) is 1. The molecule has 3 aromatic rings. The summed E-state index contributed by atoms with van der Waals surface area (Å²) in [7, 11) is -2.41. The summed E-state index contributed by atoms with van der Waals surface area (Å²) in [5.74, 6) is 0.365. The van der Waals surface area contributed by atoms with Gasteiger partial charge in [0.1, 0.15) is 29.7 Å². The molecule has 0 aliphatic carbocycles. The van der Waals surface area contributed by atoms with Crippen molar-refractivity contribution >= 4 is 38.7 Å². The predicted molar refractivity (Wildman–Crippen MR) is 167 cm³/mol. The number of morpholine rings is 1. The minimum Gasteiger partial charge on any atom is -0.489 e. The fourth-order valence-corrected chi connectivity index (χ4v) is 5.55. The van der Waals surface area contributed by atoms with Gasteiger partial charge in [0.2, 0.25) is 10.0 Å².